The lowest BCUT2D eigenvalue weighted by molar-refractivity contribution is 0.0432. The van der Waals surface area contributed by atoms with E-state index in [0.717, 1.165) is 11.1 Å². The third kappa shape index (κ3) is 3.57. The number of pyridine rings is 1. The number of hydrogen-bond donors (Lipinski definition) is 0. The van der Waals surface area contributed by atoms with Gasteiger partial charge < -0.3 is 18.1 Å². The van der Waals surface area contributed by atoms with Crippen molar-refractivity contribution in [2.45, 2.75) is 20.5 Å². The standard InChI is InChI=1S/C22H17N5O4/c1-13-8-9-27-11-16(23-17(27)10-13)22(28)29-12-18-24-25-21(30-18)19-14(2)31-26-20(19)15-6-4-3-5-7-15/h3-11H,12H2,1-2H3. The molecule has 0 bridgehead atoms. The van der Waals surface area contributed by atoms with Crippen LogP contribution in [0.2, 0.25) is 0 Å². The molecule has 154 valence electrons. The van der Waals surface area contributed by atoms with Crippen molar-refractivity contribution in [2.75, 3.05) is 0 Å². The van der Waals surface area contributed by atoms with Crippen LogP contribution in [0.3, 0.4) is 0 Å². The van der Waals surface area contributed by atoms with Gasteiger partial charge in [0.25, 0.3) is 11.8 Å². The first-order valence-corrected chi connectivity index (χ1v) is 9.55. The Bertz CT molecular complexity index is 1380. The molecule has 0 aliphatic rings. The highest BCUT2D eigenvalue weighted by Crippen LogP contribution is 2.33. The number of carbonyl (C=O) groups is 1. The molecule has 0 unspecified atom stereocenters. The van der Waals surface area contributed by atoms with Gasteiger partial charge in [-0.15, -0.1) is 10.2 Å². The molecule has 9 nitrogen and oxygen atoms in total. The highest BCUT2D eigenvalue weighted by molar-refractivity contribution is 5.88. The lowest BCUT2D eigenvalue weighted by atomic mass is 10.1. The molecule has 0 spiro atoms. The van der Waals surface area contributed by atoms with Gasteiger partial charge in [0, 0.05) is 18.0 Å². The number of nitrogens with zero attached hydrogens (tertiary/aromatic N) is 5. The minimum Gasteiger partial charge on any atom is -0.451 e. The number of fused-ring (bicyclic) bond motifs is 1. The van der Waals surface area contributed by atoms with E-state index in [9.17, 15) is 4.79 Å². The lowest BCUT2D eigenvalue weighted by Gasteiger charge is -1.99. The molecule has 31 heavy (non-hydrogen) atoms. The lowest BCUT2D eigenvalue weighted by Crippen LogP contribution is -2.05. The molecule has 0 fully saturated rings. The van der Waals surface area contributed by atoms with Crippen molar-refractivity contribution in [1.82, 2.24) is 24.7 Å². The predicted molar refractivity (Wildman–Crippen MR) is 109 cm³/mol. The second kappa shape index (κ2) is 7.52. The van der Waals surface area contributed by atoms with Crippen LogP contribution in [0.5, 0.6) is 0 Å². The minimum atomic E-state index is -0.577. The van der Waals surface area contributed by atoms with Gasteiger partial charge in [0.1, 0.15) is 22.7 Å². The second-order valence-corrected chi connectivity index (χ2v) is 7.00. The maximum atomic E-state index is 12.4. The third-order valence-corrected chi connectivity index (χ3v) is 4.74. The fraction of sp³-hybridized carbons (Fsp3) is 0.136. The molecule has 0 amide bonds. The van der Waals surface area contributed by atoms with Crippen LogP contribution in [0, 0.1) is 13.8 Å². The molecule has 1 aromatic carbocycles. The topological polar surface area (TPSA) is 109 Å². The van der Waals surface area contributed by atoms with Gasteiger partial charge in [0.15, 0.2) is 12.3 Å². The Kier molecular flexibility index (Phi) is 4.55. The first-order chi connectivity index (χ1) is 15.1. The zero-order valence-corrected chi connectivity index (χ0v) is 16.8. The molecular weight excluding hydrogens is 398 g/mol. The van der Waals surface area contributed by atoms with E-state index in [1.165, 1.54) is 0 Å². The fourth-order valence-electron chi connectivity index (χ4n) is 3.21. The summed E-state index contributed by atoms with van der Waals surface area (Å²) in [6, 6.07) is 13.4. The van der Waals surface area contributed by atoms with E-state index in [2.05, 4.69) is 20.3 Å². The number of imidazole rings is 1. The summed E-state index contributed by atoms with van der Waals surface area (Å²) in [7, 11) is 0. The quantitative estimate of drug-likeness (QED) is 0.396. The molecule has 0 atom stereocenters. The number of ether oxygens (including phenoxy) is 1. The maximum absolute atomic E-state index is 12.4. The Hall–Kier alpha value is -4.27. The number of benzene rings is 1. The number of carbonyl (C=O) groups excluding carboxylic acids is 1. The molecule has 4 aromatic heterocycles. The molecule has 0 saturated carbocycles. The van der Waals surface area contributed by atoms with Crippen LogP contribution in [0.1, 0.15) is 27.7 Å². The Morgan fingerprint density at radius 1 is 1.13 bits per heavy atom. The predicted octanol–water partition coefficient (Wildman–Crippen LogP) is 4.01. The number of hydrogen-bond acceptors (Lipinski definition) is 8. The van der Waals surface area contributed by atoms with Gasteiger partial charge in [-0.25, -0.2) is 9.78 Å². The largest absolute Gasteiger partial charge is 0.451 e. The monoisotopic (exact) mass is 415 g/mol. The molecular formula is C22H17N5O4. The van der Waals surface area contributed by atoms with Crippen molar-refractivity contribution in [3.05, 3.63) is 77.8 Å². The molecule has 5 aromatic rings. The summed E-state index contributed by atoms with van der Waals surface area (Å²) >= 11 is 0. The second-order valence-electron chi connectivity index (χ2n) is 7.00. The number of rotatable bonds is 5. The first-order valence-electron chi connectivity index (χ1n) is 9.55. The number of esters is 1. The maximum Gasteiger partial charge on any atom is 0.359 e. The zero-order chi connectivity index (χ0) is 21.4. The molecule has 0 saturated heterocycles. The smallest absolute Gasteiger partial charge is 0.359 e. The van der Waals surface area contributed by atoms with Crippen LogP contribution < -0.4 is 0 Å². The van der Waals surface area contributed by atoms with E-state index in [1.807, 2.05) is 55.6 Å². The van der Waals surface area contributed by atoms with Gasteiger partial charge in [-0.3, -0.25) is 0 Å². The van der Waals surface area contributed by atoms with E-state index in [4.69, 9.17) is 13.7 Å². The van der Waals surface area contributed by atoms with Crippen molar-refractivity contribution in [3.8, 4) is 22.7 Å². The van der Waals surface area contributed by atoms with E-state index < -0.39 is 5.97 Å². The van der Waals surface area contributed by atoms with Crippen LogP contribution >= 0.6 is 0 Å². The van der Waals surface area contributed by atoms with Crippen LogP contribution in [0.4, 0.5) is 0 Å². The van der Waals surface area contributed by atoms with Gasteiger partial charge >= 0.3 is 5.97 Å². The van der Waals surface area contributed by atoms with Crippen LogP contribution in [0.15, 0.2) is 63.8 Å². The molecule has 0 aliphatic carbocycles. The molecule has 4 heterocycles. The van der Waals surface area contributed by atoms with Gasteiger partial charge in [0.2, 0.25) is 0 Å². The summed E-state index contributed by atoms with van der Waals surface area (Å²) in [6.07, 6.45) is 3.45. The van der Waals surface area contributed by atoms with Gasteiger partial charge in [-0.1, -0.05) is 35.5 Å². The summed E-state index contributed by atoms with van der Waals surface area (Å²) < 4.78 is 18.1. The van der Waals surface area contributed by atoms with Gasteiger partial charge in [0.05, 0.1) is 0 Å². The van der Waals surface area contributed by atoms with Crippen molar-refractivity contribution in [3.63, 3.8) is 0 Å². The Morgan fingerprint density at radius 3 is 2.81 bits per heavy atom. The summed E-state index contributed by atoms with van der Waals surface area (Å²) in [5.74, 6) is 0.368. The molecule has 0 radical (unpaired) electrons. The van der Waals surface area contributed by atoms with Gasteiger partial charge in [-0.05, 0) is 31.5 Å². The highest BCUT2D eigenvalue weighted by atomic mass is 16.5. The van der Waals surface area contributed by atoms with Crippen LogP contribution in [0.25, 0.3) is 28.4 Å². The molecule has 5 rings (SSSR count). The minimum absolute atomic E-state index is 0.155. The summed E-state index contributed by atoms with van der Waals surface area (Å²) in [4.78, 5) is 16.7. The average molecular weight is 415 g/mol. The van der Waals surface area contributed by atoms with Crippen LogP contribution in [-0.4, -0.2) is 30.7 Å². The Labute approximate surface area is 176 Å². The first kappa shape index (κ1) is 18.7. The van der Waals surface area contributed by atoms with Crippen molar-refractivity contribution in [2.24, 2.45) is 0 Å². The Balaban J connectivity index is 1.34. The zero-order valence-electron chi connectivity index (χ0n) is 16.8. The summed E-state index contributed by atoms with van der Waals surface area (Å²) in [5, 5.41) is 12.2. The van der Waals surface area contributed by atoms with E-state index >= 15 is 0 Å². The fourth-order valence-corrected chi connectivity index (χ4v) is 3.21. The van der Waals surface area contributed by atoms with Crippen molar-refractivity contribution < 1.29 is 18.5 Å². The van der Waals surface area contributed by atoms with E-state index in [0.29, 0.717) is 22.7 Å². The summed E-state index contributed by atoms with van der Waals surface area (Å²) in [6.45, 7) is 3.55. The summed E-state index contributed by atoms with van der Waals surface area (Å²) in [5.41, 5.74) is 3.99. The normalized spacial score (nSPS) is 11.2. The molecule has 0 N–H and O–H groups in total. The third-order valence-electron chi connectivity index (χ3n) is 4.74. The number of aryl methyl sites for hydroxylation is 2. The van der Waals surface area contributed by atoms with Crippen molar-refractivity contribution in [1.29, 1.82) is 0 Å². The molecule has 0 aliphatic heterocycles. The highest BCUT2D eigenvalue weighted by Gasteiger charge is 2.22. The Morgan fingerprint density at radius 2 is 1.97 bits per heavy atom. The molecule has 9 heteroatoms. The van der Waals surface area contributed by atoms with Crippen LogP contribution in [-0.2, 0) is 11.3 Å². The van der Waals surface area contributed by atoms with E-state index in [-0.39, 0.29) is 24.1 Å². The SMILES string of the molecule is Cc1ccn2cc(C(=O)OCc3nnc(-c4c(-c5ccccc5)noc4C)o3)nc2c1. The number of aromatic nitrogens is 5. The van der Waals surface area contributed by atoms with Crippen molar-refractivity contribution >= 4 is 11.6 Å². The van der Waals surface area contributed by atoms with Gasteiger partial charge in [-0.2, -0.15) is 0 Å². The average Bonchev–Trinajstić information content (AvgIpc) is 3.50. The van der Waals surface area contributed by atoms with E-state index in [1.54, 1.807) is 17.5 Å².